The van der Waals surface area contributed by atoms with Gasteiger partial charge in [0.2, 0.25) is 0 Å². The number of benzene rings is 1. The van der Waals surface area contributed by atoms with E-state index in [1.807, 2.05) is 36.7 Å². The molecule has 0 fully saturated rings. The molecule has 0 radical (unpaired) electrons. The smallest absolute Gasteiger partial charge is 0.252 e. The molecule has 3 N–H and O–H groups in total. The number of fused-ring (bicyclic) bond motifs is 1. The number of rotatable bonds is 2. The van der Waals surface area contributed by atoms with Gasteiger partial charge >= 0.3 is 0 Å². The van der Waals surface area contributed by atoms with Crippen LogP contribution in [0.4, 0.5) is 0 Å². The van der Waals surface area contributed by atoms with Gasteiger partial charge < -0.3 is 15.3 Å². The number of H-pyrrole nitrogens is 2. The number of aromatic amines is 2. The maximum absolute atomic E-state index is 12.4. The van der Waals surface area contributed by atoms with E-state index in [1.54, 1.807) is 0 Å². The number of aryl methyl sites for hydroxylation is 1. The highest BCUT2D eigenvalue weighted by atomic mass is 16.1. The minimum Gasteiger partial charge on any atom is -0.364 e. The van der Waals surface area contributed by atoms with Gasteiger partial charge in [0.05, 0.1) is 5.57 Å². The second-order valence-corrected chi connectivity index (χ2v) is 5.74. The first-order valence-corrected chi connectivity index (χ1v) is 7.39. The van der Waals surface area contributed by atoms with Crippen molar-refractivity contribution in [1.82, 2.24) is 15.3 Å². The lowest BCUT2D eigenvalue weighted by Crippen LogP contribution is -2.16. The van der Waals surface area contributed by atoms with E-state index in [0.29, 0.717) is 6.54 Å². The number of amides is 1. The van der Waals surface area contributed by atoms with Gasteiger partial charge in [0, 0.05) is 46.7 Å². The number of nitrogens with one attached hydrogen (secondary N) is 3. The SMILES string of the molecule is Cc1[nH]cc(C2=C(c3c[nH]c4ccccc34)C(=O)NC2)c1C. The molecular weight excluding hydrogens is 274 g/mol. The van der Waals surface area contributed by atoms with Crippen LogP contribution >= 0.6 is 0 Å². The van der Waals surface area contributed by atoms with Gasteiger partial charge in [-0.3, -0.25) is 4.79 Å². The number of hydrogen-bond donors (Lipinski definition) is 3. The van der Waals surface area contributed by atoms with Crippen LogP contribution < -0.4 is 5.32 Å². The molecule has 0 atom stereocenters. The summed E-state index contributed by atoms with van der Waals surface area (Å²) in [6, 6.07) is 8.06. The van der Waals surface area contributed by atoms with Gasteiger partial charge in [-0.25, -0.2) is 0 Å². The monoisotopic (exact) mass is 291 g/mol. The second kappa shape index (κ2) is 4.63. The van der Waals surface area contributed by atoms with Crippen LogP contribution in [0.2, 0.25) is 0 Å². The Hall–Kier alpha value is -2.75. The van der Waals surface area contributed by atoms with Crippen LogP contribution in [0.1, 0.15) is 22.4 Å². The fourth-order valence-electron chi connectivity index (χ4n) is 3.19. The van der Waals surface area contributed by atoms with Crippen LogP contribution in [-0.4, -0.2) is 22.4 Å². The average molecular weight is 291 g/mol. The summed E-state index contributed by atoms with van der Waals surface area (Å²) in [7, 11) is 0. The molecule has 3 aromatic rings. The van der Waals surface area contributed by atoms with Crippen molar-refractivity contribution < 1.29 is 4.79 Å². The lowest BCUT2D eigenvalue weighted by molar-refractivity contribution is -0.114. The van der Waals surface area contributed by atoms with Crippen molar-refractivity contribution in [2.75, 3.05) is 6.54 Å². The van der Waals surface area contributed by atoms with E-state index in [0.717, 1.165) is 38.9 Å². The van der Waals surface area contributed by atoms with Crippen LogP contribution in [0.3, 0.4) is 0 Å². The second-order valence-electron chi connectivity index (χ2n) is 5.74. The predicted molar refractivity (Wildman–Crippen MR) is 88.4 cm³/mol. The molecule has 0 saturated carbocycles. The Morgan fingerprint density at radius 3 is 2.55 bits per heavy atom. The Balaban J connectivity index is 1.99. The first-order chi connectivity index (χ1) is 10.7. The summed E-state index contributed by atoms with van der Waals surface area (Å²) in [5.74, 6) is -0.00185. The average Bonchev–Trinajstić information content (AvgIpc) is 3.18. The van der Waals surface area contributed by atoms with Gasteiger partial charge in [-0.1, -0.05) is 18.2 Å². The number of hydrogen-bond acceptors (Lipinski definition) is 1. The van der Waals surface area contributed by atoms with Crippen molar-refractivity contribution in [2.45, 2.75) is 13.8 Å². The molecule has 4 nitrogen and oxygen atoms in total. The van der Waals surface area contributed by atoms with E-state index >= 15 is 0 Å². The molecule has 2 aromatic heterocycles. The summed E-state index contributed by atoms with van der Waals surface area (Å²) in [6.07, 6.45) is 3.93. The molecule has 22 heavy (non-hydrogen) atoms. The summed E-state index contributed by atoms with van der Waals surface area (Å²) < 4.78 is 0. The first-order valence-electron chi connectivity index (χ1n) is 7.39. The van der Waals surface area contributed by atoms with E-state index in [1.165, 1.54) is 5.56 Å². The van der Waals surface area contributed by atoms with E-state index < -0.39 is 0 Å². The standard InChI is InChI=1S/C18H17N3O/c1-10-11(2)19-7-13(10)15-9-21-18(22)17(15)14-8-20-16-6-4-3-5-12(14)16/h3-8,19-20H,9H2,1-2H3,(H,21,22). The van der Waals surface area contributed by atoms with Gasteiger partial charge in [-0.15, -0.1) is 0 Å². The van der Waals surface area contributed by atoms with Crippen molar-refractivity contribution >= 4 is 28.0 Å². The Morgan fingerprint density at radius 2 is 1.77 bits per heavy atom. The highest BCUT2D eigenvalue weighted by molar-refractivity contribution is 6.32. The molecular formula is C18H17N3O. The molecule has 1 amide bonds. The zero-order chi connectivity index (χ0) is 15.3. The third-order valence-corrected chi connectivity index (χ3v) is 4.54. The van der Waals surface area contributed by atoms with E-state index in [4.69, 9.17) is 0 Å². The summed E-state index contributed by atoms with van der Waals surface area (Å²) in [4.78, 5) is 18.9. The van der Waals surface area contributed by atoms with Gasteiger partial charge in [0.1, 0.15) is 0 Å². The lowest BCUT2D eigenvalue weighted by Gasteiger charge is -2.04. The van der Waals surface area contributed by atoms with Gasteiger partial charge in [0.25, 0.3) is 5.91 Å². The predicted octanol–water partition coefficient (Wildman–Crippen LogP) is 3.15. The molecule has 3 heterocycles. The summed E-state index contributed by atoms with van der Waals surface area (Å²) >= 11 is 0. The Morgan fingerprint density at radius 1 is 1.00 bits per heavy atom. The van der Waals surface area contributed by atoms with Crippen molar-refractivity contribution in [2.24, 2.45) is 0 Å². The molecule has 0 saturated heterocycles. The third kappa shape index (κ3) is 1.73. The highest BCUT2D eigenvalue weighted by Gasteiger charge is 2.28. The van der Waals surface area contributed by atoms with Crippen molar-refractivity contribution in [3.63, 3.8) is 0 Å². The lowest BCUT2D eigenvalue weighted by atomic mass is 9.95. The first kappa shape index (κ1) is 13.0. The molecule has 0 spiro atoms. The largest absolute Gasteiger partial charge is 0.364 e. The van der Waals surface area contributed by atoms with Crippen LogP contribution in [0.25, 0.3) is 22.0 Å². The fourth-order valence-corrected chi connectivity index (χ4v) is 3.19. The van der Waals surface area contributed by atoms with E-state index in [2.05, 4.69) is 29.1 Å². The van der Waals surface area contributed by atoms with Crippen molar-refractivity contribution in [3.8, 4) is 0 Å². The fraction of sp³-hybridized carbons (Fsp3) is 0.167. The molecule has 1 aliphatic rings. The quantitative estimate of drug-likeness (QED) is 0.667. The Labute approximate surface area is 128 Å². The number of para-hydroxylation sites is 1. The minimum absolute atomic E-state index is 0.00185. The molecule has 4 rings (SSSR count). The molecule has 4 heteroatoms. The Bertz CT molecular complexity index is 927. The van der Waals surface area contributed by atoms with E-state index in [-0.39, 0.29) is 5.91 Å². The summed E-state index contributed by atoms with van der Waals surface area (Å²) in [5, 5.41) is 4.05. The van der Waals surface area contributed by atoms with Crippen LogP contribution in [0, 0.1) is 13.8 Å². The topological polar surface area (TPSA) is 60.7 Å². The van der Waals surface area contributed by atoms with Gasteiger partial charge in [-0.05, 0) is 31.1 Å². The van der Waals surface area contributed by atoms with Crippen LogP contribution in [-0.2, 0) is 4.79 Å². The summed E-state index contributed by atoms with van der Waals surface area (Å²) in [5.41, 5.74) is 7.32. The maximum Gasteiger partial charge on any atom is 0.252 e. The number of carbonyl (C=O) groups excluding carboxylic acids is 1. The Kier molecular flexibility index (Phi) is 2.73. The van der Waals surface area contributed by atoms with Crippen LogP contribution in [0.5, 0.6) is 0 Å². The molecule has 1 aliphatic heterocycles. The molecule has 0 aliphatic carbocycles. The zero-order valence-corrected chi connectivity index (χ0v) is 12.6. The normalized spacial score (nSPS) is 14.9. The molecule has 0 bridgehead atoms. The zero-order valence-electron chi connectivity index (χ0n) is 12.6. The van der Waals surface area contributed by atoms with Gasteiger partial charge in [0.15, 0.2) is 0 Å². The minimum atomic E-state index is -0.00185. The number of aromatic nitrogens is 2. The van der Waals surface area contributed by atoms with E-state index in [9.17, 15) is 4.79 Å². The van der Waals surface area contributed by atoms with Crippen molar-refractivity contribution in [3.05, 3.63) is 59.0 Å². The van der Waals surface area contributed by atoms with Crippen molar-refractivity contribution in [1.29, 1.82) is 0 Å². The summed E-state index contributed by atoms with van der Waals surface area (Å²) in [6.45, 7) is 4.71. The van der Waals surface area contributed by atoms with Crippen LogP contribution in [0.15, 0.2) is 36.7 Å². The molecule has 1 aromatic carbocycles. The highest BCUT2D eigenvalue weighted by Crippen LogP contribution is 2.35. The maximum atomic E-state index is 12.4. The number of carbonyl (C=O) groups is 1. The van der Waals surface area contributed by atoms with Gasteiger partial charge in [-0.2, -0.15) is 0 Å². The third-order valence-electron chi connectivity index (χ3n) is 4.54. The molecule has 0 unspecified atom stereocenters. The molecule has 110 valence electrons.